The van der Waals surface area contributed by atoms with Gasteiger partial charge in [0.05, 0.1) is 6.10 Å². The van der Waals surface area contributed by atoms with Gasteiger partial charge in [-0.1, -0.05) is 19.3 Å². The van der Waals surface area contributed by atoms with Crippen LogP contribution in [-0.4, -0.2) is 42.8 Å². The van der Waals surface area contributed by atoms with Crippen molar-refractivity contribution in [1.29, 1.82) is 0 Å². The molecule has 0 aromatic rings. The number of rotatable bonds is 4. The fourth-order valence-corrected chi connectivity index (χ4v) is 3.41. The maximum absolute atomic E-state index is 12.4. The number of carbonyl (C=O) groups is 1. The molecule has 0 aromatic carbocycles. The number of amides is 1. The van der Waals surface area contributed by atoms with Crippen LogP contribution in [0.5, 0.6) is 0 Å². The van der Waals surface area contributed by atoms with Crippen molar-refractivity contribution in [2.75, 3.05) is 19.6 Å². The van der Waals surface area contributed by atoms with E-state index in [-0.39, 0.29) is 12.2 Å². The maximum atomic E-state index is 12.4. The third kappa shape index (κ3) is 4.65. The highest BCUT2D eigenvalue weighted by Gasteiger charge is 2.29. The Morgan fingerprint density at radius 2 is 1.80 bits per heavy atom. The molecule has 0 radical (unpaired) electrons. The minimum absolute atomic E-state index is 0.0296. The molecule has 4 heteroatoms. The van der Waals surface area contributed by atoms with Crippen LogP contribution in [0.3, 0.4) is 0 Å². The maximum Gasteiger partial charge on any atom is 0.410 e. The summed E-state index contributed by atoms with van der Waals surface area (Å²) in [7, 11) is 0. The van der Waals surface area contributed by atoms with Gasteiger partial charge in [0.1, 0.15) is 0 Å². The third-order valence-corrected chi connectivity index (χ3v) is 4.50. The second-order valence-corrected chi connectivity index (χ2v) is 6.57. The van der Waals surface area contributed by atoms with Crippen LogP contribution in [0, 0.1) is 5.92 Å². The van der Waals surface area contributed by atoms with E-state index in [1.165, 1.54) is 32.1 Å². The van der Waals surface area contributed by atoms with E-state index < -0.39 is 0 Å². The number of ether oxygens (including phenoxy) is 1. The standard InChI is InChI=1S/C16H30N2O2/c1-13(2)20-16(19)18(15-8-10-17-11-9-15)12-14-6-4-3-5-7-14/h13-15,17H,3-12H2,1-2H3. The van der Waals surface area contributed by atoms with E-state index in [0.29, 0.717) is 12.0 Å². The lowest BCUT2D eigenvalue weighted by Crippen LogP contribution is -2.48. The highest BCUT2D eigenvalue weighted by Crippen LogP contribution is 2.26. The number of nitrogens with zero attached hydrogens (tertiary/aromatic N) is 1. The van der Waals surface area contributed by atoms with E-state index in [9.17, 15) is 4.79 Å². The molecule has 1 aliphatic heterocycles. The van der Waals surface area contributed by atoms with Gasteiger partial charge in [0.25, 0.3) is 0 Å². The summed E-state index contributed by atoms with van der Waals surface area (Å²) in [6.45, 7) is 6.79. The molecule has 2 rings (SSSR count). The zero-order chi connectivity index (χ0) is 14.4. The Balaban J connectivity index is 1.95. The average molecular weight is 282 g/mol. The molecule has 1 N–H and O–H groups in total. The van der Waals surface area contributed by atoms with Gasteiger partial charge in [0, 0.05) is 12.6 Å². The topological polar surface area (TPSA) is 41.6 Å². The summed E-state index contributed by atoms with van der Waals surface area (Å²) >= 11 is 0. The molecular formula is C16H30N2O2. The number of hydrogen-bond donors (Lipinski definition) is 1. The summed E-state index contributed by atoms with van der Waals surface area (Å²) in [6.07, 6.45) is 8.54. The van der Waals surface area contributed by atoms with Crippen LogP contribution in [0.25, 0.3) is 0 Å². The van der Waals surface area contributed by atoms with Gasteiger partial charge < -0.3 is 15.0 Å². The van der Waals surface area contributed by atoms with E-state index in [0.717, 1.165) is 32.5 Å². The number of hydrogen-bond acceptors (Lipinski definition) is 3. The first-order valence-electron chi connectivity index (χ1n) is 8.35. The SMILES string of the molecule is CC(C)OC(=O)N(CC1CCCCC1)C1CCNCC1. The highest BCUT2D eigenvalue weighted by molar-refractivity contribution is 5.68. The van der Waals surface area contributed by atoms with Crippen LogP contribution < -0.4 is 5.32 Å². The molecule has 116 valence electrons. The summed E-state index contributed by atoms with van der Waals surface area (Å²) in [5, 5.41) is 3.37. The van der Waals surface area contributed by atoms with Crippen molar-refractivity contribution in [3.63, 3.8) is 0 Å². The Morgan fingerprint density at radius 3 is 2.40 bits per heavy atom. The molecule has 2 aliphatic rings. The molecule has 0 bridgehead atoms. The number of carbonyl (C=O) groups excluding carboxylic acids is 1. The molecule has 1 saturated heterocycles. The molecule has 0 atom stereocenters. The minimum atomic E-state index is -0.0996. The lowest BCUT2D eigenvalue weighted by atomic mass is 9.88. The first kappa shape index (κ1) is 15.6. The van der Waals surface area contributed by atoms with Crippen molar-refractivity contribution in [2.24, 2.45) is 5.92 Å². The summed E-state index contributed by atoms with van der Waals surface area (Å²) in [6, 6.07) is 0.365. The smallest absolute Gasteiger partial charge is 0.410 e. The molecule has 4 nitrogen and oxygen atoms in total. The van der Waals surface area contributed by atoms with Gasteiger partial charge >= 0.3 is 6.09 Å². The molecule has 20 heavy (non-hydrogen) atoms. The van der Waals surface area contributed by atoms with Crippen LogP contribution in [0.15, 0.2) is 0 Å². The summed E-state index contributed by atoms with van der Waals surface area (Å²) in [5.74, 6) is 0.679. The van der Waals surface area contributed by atoms with Gasteiger partial charge in [-0.2, -0.15) is 0 Å². The van der Waals surface area contributed by atoms with Crippen LogP contribution in [0.1, 0.15) is 58.8 Å². The number of piperidine rings is 1. The largest absolute Gasteiger partial charge is 0.447 e. The summed E-state index contributed by atoms with van der Waals surface area (Å²) in [4.78, 5) is 14.4. The van der Waals surface area contributed by atoms with Gasteiger partial charge in [-0.3, -0.25) is 0 Å². The second-order valence-electron chi connectivity index (χ2n) is 6.57. The fraction of sp³-hybridized carbons (Fsp3) is 0.938. The highest BCUT2D eigenvalue weighted by atomic mass is 16.6. The van der Waals surface area contributed by atoms with E-state index in [1.54, 1.807) is 0 Å². The second kappa shape index (κ2) is 7.87. The molecule has 1 saturated carbocycles. The zero-order valence-electron chi connectivity index (χ0n) is 13.1. The normalized spacial score (nSPS) is 21.9. The Bertz CT molecular complexity index is 295. The van der Waals surface area contributed by atoms with Gasteiger partial charge in [0.2, 0.25) is 0 Å². The molecule has 0 spiro atoms. The van der Waals surface area contributed by atoms with Crippen molar-refractivity contribution in [3.8, 4) is 0 Å². The van der Waals surface area contributed by atoms with Crippen LogP contribution >= 0.6 is 0 Å². The van der Waals surface area contributed by atoms with Gasteiger partial charge in [0.15, 0.2) is 0 Å². The lowest BCUT2D eigenvalue weighted by Gasteiger charge is -2.37. The summed E-state index contributed by atoms with van der Waals surface area (Å²) < 4.78 is 5.47. The van der Waals surface area contributed by atoms with Crippen LogP contribution in [0.4, 0.5) is 4.79 Å². The quantitative estimate of drug-likeness (QED) is 0.861. The van der Waals surface area contributed by atoms with Crippen molar-refractivity contribution in [2.45, 2.75) is 70.9 Å². The Morgan fingerprint density at radius 1 is 1.15 bits per heavy atom. The predicted octanol–water partition coefficient (Wildman–Crippen LogP) is 3.17. The van der Waals surface area contributed by atoms with Crippen LogP contribution in [-0.2, 0) is 4.74 Å². The van der Waals surface area contributed by atoms with Crippen molar-refractivity contribution >= 4 is 6.09 Å². The third-order valence-electron chi connectivity index (χ3n) is 4.50. The lowest BCUT2D eigenvalue weighted by molar-refractivity contribution is 0.0483. The fourth-order valence-electron chi connectivity index (χ4n) is 3.41. The Kier molecular flexibility index (Phi) is 6.14. The first-order chi connectivity index (χ1) is 9.66. The van der Waals surface area contributed by atoms with E-state index >= 15 is 0 Å². The molecular weight excluding hydrogens is 252 g/mol. The Labute approximate surface area is 123 Å². The zero-order valence-corrected chi connectivity index (χ0v) is 13.1. The Hall–Kier alpha value is -0.770. The first-order valence-corrected chi connectivity index (χ1v) is 8.35. The van der Waals surface area contributed by atoms with Crippen molar-refractivity contribution in [3.05, 3.63) is 0 Å². The van der Waals surface area contributed by atoms with Gasteiger partial charge in [-0.25, -0.2) is 4.79 Å². The van der Waals surface area contributed by atoms with Gasteiger partial charge in [-0.05, 0) is 58.5 Å². The molecule has 1 heterocycles. The molecule has 0 aromatic heterocycles. The predicted molar refractivity (Wildman–Crippen MR) is 80.8 cm³/mol. The minimum Gasteiger partial charge on any atom is -0.447 e. The van der Waals surface area contributed by atoms with E-state index in [2.05, 4.69) is 5.32 Å². The van der Waals surface area contributed by atoms with Crippen molar-refractivity contribution in [1.82, 2.24) is 10.2 Å². The van der Waals surface area contributed by atoms with Gasteiger partial charge in [-0.15, -0.1) is 0 Å². The molecule has 1 aliphatic carbocycles. The van der Waals surface area contributed by atoms with Crippen molar-refractivity contribution < 1.29 is 9.53 Å². The number of nitrogens with one attached hydrogen (secondary N) is 1. The van der Waals surface area contributed by atoms with Crippen LogP contribution in [0.2, 0.25) is 0 Å². The molecule has 0 unspecified atom stereocenters. The monoisotopic (exact) mass is 282 g/mol. The van der Waals surface area contributed by atoms with E-state index in [4.69, 9.17) is 4.74 Å². The molecule has 2 fully saturated rings. The van der Waals surface area contributed by atoms with E-state index in [1.807, 2.05) is 18.7 Å². The molecule has 1 amide bonds. The summed E-state index contributed by atoms with van der Waals surface area (Å²) in [5.41, 5.74) is 0. The average Bonchev–Trinajstić information content (AvgIpc) is 2.46.